The highest BCUT2D eigenvalue weighted by Gasteiger charge is 2.29. The molecule has 0 bridgehead atoms. The van der Waals surface area contributed by atoms with Gasteiger partial charge in [0.2, 0.25) is 0 Å². The van der Waals surface area contributed by atoms with Crippen LogP contribution in [-0.2, 0) is 12.6 Å². The summed E-state index contributed by atoms with van der Waals surface area (Å²) >= 11 is 0. The van der Waals surface area contributed by atoms with Crippen LogP contribution in [0.2, 0.25) is 0 Å². The molecule has 1 N–H and O–H groups in total. The third-order valence-electron chi connectivity index (χ3n) is 5.29. The first-order valence-corrected chi connectivity index (χ1v) is 10.6. The number of rotatable bonds is 12. The molecule has 0 fully saturated rings. The zero-order valence-corrected chi connectivity index (χ0v) is 17.6. The number of nitrogens with one attached hydrogen (secondary N) is 1. The molecule has 0 aromatic heterocycles. The molecule has 0 amide bonds. The lowest BCUT2D eigenvalue weighted by molar-refractivity contribution is -0.137. The van der Waals surface area contributed by atoms with Crippen molar-refractivity contribution in [3.63, 3.8) is 0 Å². The maximum Gasteiger partial charge on any atom is 0.416 e. The van der Waals surface area contributed by atoms with Gasteiger partial charge in [0.05, 0.1) is 5.56 Å². The molecule has 2 rings (SSSR count). The van der Waals surface area contributed by atoms with Gasteiger partial charge in [-0.1, -0.05) is 50.2 Å². The molecular weight excluding hydrogens is 373 g/mol. The van der Waals surface area contributed by atoms with Gasteiger partial charge in [0, 0.05) is 0 Å². The first-order valence-electron chi connectivity index (χ1n) is 10.6. The van der Waals surface area contributed by atoms with E-state index in [9.17, 15) is 13.2 Å². The smallest absolute Gasteiger partial charge is 0.317 e. The third kappa shape index (κ3) is 8.19. The van der Waals surface area contributed by atoms with Crippen LogP contribution in [-0.4, -0.2) is 37.6 Å². The van der Waals surface area contributed by atoms with Crippen molar-refractivity contribution in [3.8, 4) is 11.1 Å². The SMILES string of the molecule is CCN(CC)CCCNCCCCc1ccc(-c2ccc(C(F)(F)F)cc2)cc1. The normalized spacial score (nSPS) is 11.9. The largest absolute Gasteiger partial charge is 0.416 e. The lowest BCUT2D eigenvalue weighted by Gasteiger charge is -2.17. The Morgan fingerprint density at radius 1 is 0.759 bits per heavy atom. The molecule has 0 aliphatic heterocycles. The fourth-order valence-electron chi connectivity index (χ4n) is 3.39. The zero-order chi connectivity index (χ0) is 21.1. The van der Waals surface area contributed by atoms with Gasteiger partial charge in [0.25, 0.3) is 0 Å². The molecule has 2 aromatic carbocycles. The van der Waals surface area contributed by atoms with Crippen LogP contribution in [0.25, 0.3) is 11.1 Å². The van der Waals surface area contributed by atoms with Gasteiger partial charge >= 0.3 is 6.18 Å². The van der Waals surface area contributed by atoms with E-state index in [1.54, 1.807) is 0 Å². The lowest BCUT2D eigenvalue weighted by Crippen LogP contribution is -2.27. The van der Waals surface area contributed by atoms with E-state index in [4.69, 9.17) is 0 Å². The summed E-state index contributed by atoms with van der Waals surface area (Å²) in [4.78, 5) is 2.44. The number of hydrogen-bond acceptors (Lipinski definition) is 2. The molecule has 0 spiro atoms. The molecule has 0 saturated heterocycles. The van der Waals surface area contributed by atoms with Crippen LogP contribution >= 0.6 is 0 Å². The molecule has 0 atom stereocenters. The molecule has 29 heavy (non-hydrogen) atoms. The van der Waals surface area contributed by atoms with Gasteiger partial charge in [-0.2, -0.15) is 13.2 Å². The number of hydrogen-bond donors (Lipinski definition) is 1. The Balaban J connectivity index is 1.67. The average Bonchev–Trinajstić information content (AvgIpc) is 2.73. The summed E-state index contributed by atoms with van der Waals surface area (Å²) in [5.41, 5.74) is 2.40. The van der Waals surface area contributed by atoms with E-state index in [0.717, 1.165) is 75.2 Å². The molecular formula is C24H33F3N2. The predicted molar refractivity (Wildman–Crippen MR) is 115 cm³/mol. The Bertz CT molecular complexity index is 690. The summed E-state index contributed by atoms with van der Waals surface area (Å²) in [6.45, 7) is 9.91. The molecule has 2 nitrogen and oxygen atoms in total. The van der Waals surface area contributed by atoms with Crippen LogP contribution in [0.5, 0.6) is 0 Å². The summed E-state index contributed by atoms with van der Waals surface area (Å²) in [5, 5.41) is 3.51. The first kappa shape index (κ1) is 23.4. The lowest BCUT2D eigenvalue weighted by atomic mass is 10.0. The fraction of sp³-hybridized carbons (Fsp3) is 0.500. The Hall–Kier alpha value is -1.85. The van der Waals surface area contributed by atoms with Gasteiger partial charge in [-0.05, 0) is 87.2 Å². The van der Waals surface area contributed by atoms with E-state index in [1.807, 2.05) is 12.1 Å². The number of benzene rings is 2. The minimum Gasteiger partial charge on any atom is -0.317 e. The molecule has 2 aromatic rings. The van der Waals surface area contributed by atoms with Crippen LogP contribution in [0.3, 0.4) is 0 Å². The van der Waals surface area contributed by atoms with E-state index in [2.05, 4.69) is 36.2 Å². The number of halogens is 3. The van der Waals surface area contributed by atoms with Crippen molar-refractivity contribution in [1.29, 1.82) is 0 Å². The van der Waals surface area contributed by atoms with Crippen molar-refractivity contribution >= 4 is 0 Å². The molecule has 0 heterocycles. The van der Waals surface area contributed by atoms with Crippen molar-refractivity contribution in [2.45, 2.75) is 45.7 Å². The highest BCUT2D eigenvalue weighted by Crippen LogP contribution is 2.31. The van der Waals surface area contributed by atoms with Gasteiger partial charge < -0.3 is 10.2 Å². The Labute approximate surface area is 173 Å². The Morgan fingerprint density at radius 2 is 1.31 bits per heavy atom. The van der Waals surface area contributed by atoms with Gasteiger partial charge in [-0.15, -0.1) is 0 Å². The molecule has 0 aliphatic rings. The quantitative estimate of drug-likeness (QED) is 0.434. The van der Waals surface area contributed by atoms with E-state index in [1.165, 1.54) is 24.1 Å². The van der Waals surface area contributed by atoms with E-state index in [0.29, 0.717) is 0 Å². The van der Waals surface area contributed by atoms with Crippen LogP contribution in [0.15, 0.2) is 48.5 Å². The average molecular weight is 407 g/mol. The summed E-state index contributed by atoms with van der Waals surface area (Å²) in [6.07, 6.45) is 0.193. The van der Waals surface area contributed by atoms with E-state index < -0.39 is 11.7 Å². The summed E-state index contributed by atoms with van der Waals surface area (Å²) in [7, 11) is 0. The monoisotopic (exact) mass is 406 g/mol. The summed E-state index contributed by atoms with van der Waals surface area (Å²) in [5.74, 6) is 0. The van der Waals surface area contributed by atoms with Crippen LogP contribution < -0.4 is 5.32 Å². The second-order valence-corrected chi connectivity index (χ2v) is 7.36. The van der Waals surface area contributed by atoms with E-state index >= 15 is 0 Å². The van der Waals surface area contributed by atoms with Gasteiger partial charge in [0.1, 0.15) is 0 Å². The molecule has 0 saturated carbocycles. The highest BCUT2D eigenvalue weighted by molar-refractivity contribution is 5.64. The second-order valence-electron chi connectivity index (χ2n) is 7.36. The van der Waals surface area contributed by atoms with Crippen molar-refractivity contribution in [1.82, 2.24) is 10.2 Å². The zero-order valence-electron chi connectivity index (χ0n) is 17.6. The number of alkyl halides is 3. The van der Waals surface area contributed by atoms with Crippen molar-refractivity contribution in [2.75, 3.05) is 32.7 Å². The Morgan fingerprint density at radius 3 is 1.86 bits per heavy atom. The van der Waals surface area contributed by atoms with Gasteiger partial charge in [-0.3, -0.25) is 0 Å². The predicted octanol–water partition coefficient (Wildman–Crippen LogP) is 6.02. The topological polar surface area (TPSA) is 15.3 Å². The molecule has 0 aliphatic carbocycles. The standard InChI is InChI=1S/C24H33F3N2/c1-3-29(4-2)19-7-18-28-17-6-5-8-20-9-11-21(12-10-20)22-13-15-23(16-14-22)24(25,26)27/h9-16,28H,3-8,17-19H2,1-2H3. The van der Waals surface area contributed by atoms with Crippen LogP contribution in [0.4, 0.5) is 13.2 Å². The first-order chi connectivity index (χ1) is 13.9. The molecule has 0 radical (unpaired) electrons. The van der Waals surface area contributed by atoms with Crippen molar-refractivity contribution < 1.29 is 13.2 Å². The number of unbranched alkanes of at least 4 members (excludes halogenated alkanes) is 1. The third-order valence-corrected chi connectivity index (χ3v) is 5.29. The minimum absolute atomic E-state index is 0.612. The molecule has 160 valence electrons. The molecule has 0 unspecified atom stereocenters. The second kappa shape index (κ2) is 12.0. The summed E-state index contributed by atoms with van der Waals surface area (Å²) in [6, 6.07) is 13.5. The number of aryl methyl sites for hydroxylation is 1. The number of nitrogens with zero attached hydrogens (tertiary/aromatic N) is 1. The van der Waals surface area contributed by atoms with Crippen LogP contribution in [0.1, 0.15) is 44.2 Å². The maximum absolute atomic E-state index is 12.7. The minimum atomic E-state index is -4.29. The van der Waals surface area contributed by atoms with E-state index in [-0.39, 0.29) is 0 Å². The van der Waals surface area contributed by atoms with Crippen molar-refractivity contribution in [2.24, 2.45) is 0 Å². The fourth-order valence-corrected chi connectivity index (χ4v) is 3.39. The molecule has 5 heteroatoms. The Kier molecular flexibility index (Phi) is 9.68. The summed E-state index contributed by atoms with van der Waals surface area (Å²) < 4.78 is 38.0. The van der Waals surface area contributed by atoms with Gasteiger partial charge in [0.15, 0.2) is 0 Å². The highest BCUT2D eigenvalue weighted by atomic mass is 19.4. The maximum atomic E-state index is 12.7. The van der Waals surface area contributed by atoms with Gasteiger partial charge in [-0.25, -0.2) is 0 Å². The van der Waals surface area contributed by atoms with Crippen LogP contribution in [0, 0.1) is 0 Å². The van der Waals surface area contributed by atoms with Crippen molar-refractivity contribution in [3.05, 3.63) is 59.7 Å².